The average molecular weight is 320 g/mol. The average Bonchev–Trinajstić information content (AvgIpc) is 2.91. The Balaban J connectivity index is 1.96. The predicted octanol–water partition coefficient (Wildman–Crippen LogP) is 2.88. The first-order chi connectivity index (χ1) is 11.0. The van der Waals surface area contributed by atoms with Crippen LogP contribution < -0.4 is 4.74 Å². The highest BCUT2D eigenvalue weighted by Crippen LogP contribution is 2.27. The molecule has 2 unspecified atom stereocenters. The molecule has 1 aromatic carbocycles. The van der Waals surface area contributed by atoms with Crippen LogP contribution in [0.3, 0.4) is 0 Å². The zero-order valence-corrected chi connectivity index (χ0v) is 13.9. The van der Waals surface area contributed by atoms with Crippen molar-refractivity contribution in [2.24, 2.45) is 0 Å². The Morgan fingerprint density at radius 1 is 1.35 bits per heavy atom. The van der Waals surface area contributed by atoms with Gasteiger partial charge in [-0.2, -0.15) is 0 Å². The lowest BCUT2D eigenvalue weighted by atomic mass is 10.1. The van der Waals surface area contributed by atoms with Crippen LogP contribution in [0.2, 0.25) is 0 Å². The minimum atomic E-state index is -0.596. The Morgan fingerprint density at radius 3 is 2.65 bits per heavy atom. The molecule has 2 rings (SSSR count). The Labute approximate surface area is 137 Å². The monoisotopic (exact) mass is 320 g/mol. The summed E-state index contributed by atoms with van der Waals surface area (Å²) in [7, 11) is 1.64. The number of ether oxygens (including phenoxy) is 4. The fourth-order valence-corrected chi connectivity index (χ4v) is 2.42. The van der Waals surface area contributed by atoms with Crippen molar-refractivity contribution in [1.82, 2.24) is 0 Å². The second kappa shape index (κ2) is 8.24. The van der Waals surface area contributed by atoms with Crippen molar-refractivity contribution in [3.8, 4) is 5.75 Å². The van der Waals surface area contributed by atoms with Gasteiger partial charge in [-0.15, -0.1) is 0 Å². The lowest BCUT2D eigenvalue weighted by Gasteiger charge is -2.23. The number of rotatable bonds is 8. The highest BCUT2D eigenvalue weighted by Gasteiger charge is 2.37. The first-order valence-corrected chi connectivity index (χ1v) is 7.70. The molecule has 0 saturated carbocycles. The van der Waals surface area contributed by atoms with Gasteiger partial charge in [0.2, 0.25) is 0 Å². The highest BCUT2D eigenvalue weighted by molar-refractivity contribution is 5.64. The van der Waals surface area contributed by atoms with Crippen LogP contribution in [0.15, 0.2) is 36.4 Å². The van der Waals surface area contributed by atoms with E-state index in [1.807, 2.05) is 38.1 Å². The van der Waals surface area contributed by atoms with Crippen molar-refractivity contribution in [1.29, 1.82) is 0 Å². The van der Waals surface area contributed by atoms with Crippen LogP contribution in [-0.4, -0.2) is 38.0 Å². The van der Waals surface area contributed by atoms with Gasteiger partial charge in [-0.3, -0.25) is 4.79 Å². The van der Waals surface area contributed by atoms with E-state index < -0.39 is 5.79 Å². The molecule has 0 N–H and O–H groups in total. The molecule has 1 saturated heterocycles. The van der Waals surface area contributed by atoms with Crippen LogP contribution in [0.4, 0.5) is 0 Å². The summed E-state index contributed by atoms with van der Waals surface area (Å²) in [5.41, 5.74) is 1.05. The summed E-state index contributed by atoms with van der Waals surface area (Å²) < 4.78 is 22.6. The highest BCUT2D eigenvalue weighted by atomic mass is 16.7. The summed E-state index contributed by atoms with van der Waals surface area (Å²) >= 11 is 0. The Bertz CT molecular complexity index is 521. The van der Waals surface area contributed by atoms with E-state index in [0.29, 0.717) is 19.6 Å². The molecule has 0 bridgehead atoms. The first-order valence-electron chi connectivity index (χ1n) is 7.70. The molecule has 2 atom stereocenters. The molecule has 0 amide bonds. The van der Waals surface area contributed by atoms with Crippen LogP contribution in [0.1, 0.15) is 25.8 Å². The molecule has 1 aromatic rings. The molecule has 5 nitrogen and oxygen atoms in total. The number of carbonyl (C=O) groups excluding carboxylic acids is 1. The first kappa shape index (κ1) is 17.7. The second-order valence-electron chi connectivity index (χ2n) is 5.86. The van der Waals surface area contributed by atoms with Gasteiger partial charge in [0.05, 0.1) is 26.4 Å². The SMILES string of the molecule is COc1ccc(COC(C/C=C/C=O)C2COC(C)(C)O2)cc1. The van der Waals surface area contributed by atoms with Gasteiger partial charge in [-0.05, 0) is 44.0 Å². The summed E-state index contributed by atoms with van der Waals surface area (Å²) in [6, 6.07) is 7.73. The van der Waals surface area contributed by atoms with Crippen LogP contribution in [-0.2, 0) is 25.6 Å². The van der Waals surface area contributed by atoms with Crippen LogP contribution in [0.25, 0.3) is 0 Å². The van der Waals surface area contributed by atoms with E-state index in [1.54, 1.807) is 13.2 Å². The second-order valence-corrected chi connectivity index (χ2v) is 5.86. The van der Waals surface area contributed by atoms with Crippen molar-refractivity contribution in [2.45, 2.75) is 44.9 Å². The summed E-state index contributed by atoms with van der Waals surface area (Å²) in [6.07, 6.45) is 4.30. The molecule has 1 fully saturated rings. The largest absolute Gasteiger partial charge is 0.497 e. The Morgan fingerprint density at radius 2 is 2.09 bits per heavy atom. The molecule has 0 radical (unpaired) electrons. The molecule has 5 heteroatoms. The predicted molar refractivity (Wildman–Crippen MR) is 86.3 cm³/mol. The summed E-state index contributed by atoms with van der Waals surface area (Å²) in [5, 5.41) is 0. The van der Waals surface area contributed by atoms with Crippen molar-refractivity contribution in [3.05, 3.63) is 42.0 Å². The maximum Gasteiger partial charge on any atom is 0.163 e. The molecule has 1 aliphatic heterocycles. The van der Waals surface area contributed by atoms with Gasteiger partial charge in [0.1, 0.15) is 18.1 Å². The zero-order valence-electron chi connectivity index (χ0n) is 13.9. The molecular weight excluding hydrogens is 296 g/mol. The molecule has 23 heavy (non-hydrogen) atoms. The Hall–Kier alpha value is -1.69. The summed E-state index contributed by atoms with van der Waals surface area (Å²) in [4.78, 5) is 10.5. The van der Waals surface area contributed by atoms with E-state index >= 15 is 0 Å². The molecule has 126 valence electrons. The topological polar surface area (TPSA) is 54.0 Å². The number of allylic oxidation sites excluding steroid dienone is 1. The number of hydrogen-bond donors (Lipinski definition) is 0. The molecule has 0 aliphatic carbocycles. The smallest absolute Gasteiger partial charge is 0.163 e. The molecule has 0 aromatic heterocycles. The van der Waals surface area contributed by atoms with Gasteiger partial charge in [0.15, 0.2) is 5.79 Å². The fraction of sp³-hybridized carbons (Fsp3) is 0.500. The van der Waals surface area contributed by atoms with E-state index in [4.69, 9.17) is 18.9 Å². The normalized spacial score (nSPS) is 21.4. The molecule has 1 aliphatic rings. The summed E-state index contributed by atoms with van der Waals surface area (Å²) in [6.45, 7) is 4.71. The van der Waals surface area contributed by atoms with Gasteiger partial charge < -0.3 is 18.9 Å². The van der Waals surface area contributed by atoms with Crippen LogP contribution in [0, 0.1) is 0 Å². The van der Waals surface area contributed by atoms with Crippen molar-refractivity contribution >= 4 is 6.29 Å². The fourth-order valence-electron chi connectivity index (χ4n) is 2.42. The molecule has 0 spiro atoms. The third-order valence-electron chi connectivity index (χ3n) is 3.65. The zero-order chi connectivity index (χ0) is 16.7. The third kappa shape index (κ3) is 5.46. The van der Waals surface area contributed by atoms with Gasteiger partial charge in [0.25, 0.3) is 0 Å². The molecular formula is C18H24O5. The van der Waals surface area contributed by atoms with E-state index in [0.717, 1.165) is 17.6 Å². The van der Waals surface area contributed by atoms with E-state index in [9.17, 15) is 4.79 Å². The minimum absolute atomic E-state index is 0.153. The van der Waals surface area contributed by atoms with Crippen LogP contribution in [0.5, 0.6) is 5.75 Å². The number of benzene rings is 1. The summed E-state index contributed by atoms with van der Waals surface area (Å²) in [5.74, 6) is 0.217. The van der Waals surface area contributed by atoms with Crippen molar-refractivity contribution in [3.63, 3.8) is 0 Å². The lowest BCUT2D eigenvalue weighted by molar-refractivity contribution is -0.157. The van der Waals surface area contributed by atoms with Crippen molar-refractivity contribution in [2.75, 3.05) is 13.7 Å². The standard InChI is InChI=1S/C18H24O5/c1-18(2)22-13-17(23-18)16(6-4-5-11-19)21-12-14-7-9-15(20-3)10-8-14/h4-5,7-11,16-17H,6,12-13H2,1-3H3/b5-4+. The maximum absolute atomic E-state index is 10.5. The minimum Gasteiger partial charge on any atom is -0.497 e. The van der Waals surface area contributed by atoms with E-state index in [2.05, 4.69) is 0 Å². The van der Waals surface area contributed by atoms with E-state index in [-0.39, 0.29) is 12.2 Å². The number of hydrogen-bond acceptors (Lipinski definition) is 5. The quantitative estimate of drug-likeness (QED) is 0.544. The molecule has 1 heterocycles. The number of methoxy groups -OCH3 is 1. The number of aldehydes is 1. The van der Waals surface area contributed by atoms with Gasteiger partial charge >= 0.3 is 0 Å². The lowest BCUT2D eigenvalue weighted by Crippen LogP contribution is -2.32. The maximum atomic E-state index is 10.5. The van der Waals surface area contributed by atoms with E-state index in [1.165, 1.54) is 6.08 Å². The van der Waals surface area contributed by atoms with Gasteiger partial charge in [-0.25, -0.2) is 0 Å². The van der Waals surface area contributed by atoms with Gasteiger partial charge in [-0.1, -0.05) is 18.2 Å². The number of carbonyl (C=O) groups is 1. The van der Waals surface area contributed by atoms with Gasteiger partial charge in [0, 0.05) is 0 Å². The van der Waals surface area contributed by atoms with Crippen LogP contribution >= 0.6 is 0 Å². The Kier molecular flexibility index (Phi) is 6.33. The van der Waals surface area contributed by atoms with Crippen molar-refractivity contribution < 1.29 is 23.7 Å². The third-order valence-corrected chi connectivity index (χ3v) is 3.65.